The Kier molecular flexibility index (Phi) is 3.96. The third-order valence-corrected chi connectivity index (χ3v) is 4.88. The Labute approximate surface area is 127 Å². The molecule has 0 aromatic carbocycles. The number of thiazole rings is 1. The first-order chi connectivity index (χ1) is 10.1. The van der Waals surface area contributed by atoms with Crippen LogP contribution in [0.25, 0.3) is 0 Å². The second-order valence-electron chi connectivity index (χ2n) is 5.34. The summed E-state index contributed by atoms with van der Waals surface area (Å²) < 4.78 is 0. The standard InChI is InChI=1S/C13H19N5O2S/c14-11-10(21-13(16-11)17-5-1-2-6-17)12(20)18-7-3-4-15-9(19)8-18/h1-8,14H2,(H,15,19). The van der Waals surface area contributed by atoms with Crippen LogP contribution in [0.1, 0.15) is 28.9 Å². The van der Waals surface area contributed by atoms with Gasteiger partial charge in [-0.25, -0.2) is 4.98 Å². The molecule has 0 spiro atoms. The van der Waals surface area contributed by atoms with Gasteiger partial charge in [-0.3, -0.25) is 9.59 Å². The molecule has 2 fully saturated rings. The molecule has 0 atom stereocenters. The summed E-state index contributed by atoms with van der Waals surface area (Å²) in [4.78, 5) is 32.6. The van der Waals surface area contributed by atoms with E-state index in [2.05, 4.69) is 15.2 Å². The van der Waals surface area contributed by atoms with E-state index in [1.165, 1.54) is 11.3 Å². The number of amides is 2. The molecule has 8 heteroatoms. The highest BCUT2D eigenvalue weighted by molar-refractivity contribution is 7.18. The number of nitrogens with one attached hydrogen (secondary N) is 1. The molecule has 2 amide bonds. The Morgan fingerprint density at radius 2 is 2.00 bits per heavy atom. The van der Waals surface area contributed by atoms with E-state index in [9.17, 15) is 9.59 Å². The van der Waals surface area contributed by atoms with E-state index in [0.717, 1.165) is 37.5 Å². The number of aromatic nitrogens is 1. The van der Waals surface area contributed by atoms with Crippen molar-refractivity contribution >= 4 is 34.1 Å². The Balaban J connectivity index is 1.78. The van der Waals surface area contributed by atoms with Gasteiger partial charge in [0.05, 0.1) is 6.54 Å². The summed E-state index contributed by atoms with van der Waals surface area (Å²) in [5.41, 5.74) is 5.91. The lowest BCUT2D eigenvalue weighted by molar-refractivity contribution is -0.121. The summed E-state index contributed by atoms with van der Waals surface area (Å²) in [6.45, 7) is 3.20. The quantitative estimate of drug-likeness (QED) is 0.819. The second-order valence-corrected chi connectivity index (χ2v) is 6.31. The summed E-state index contributed by atoms with van der Waals surface area (Å²) in [6.07, 6.45) is 3.05. The summed E-state index contributed by atoms with van der Waals surface area (Å²) >= 11 is 1.33. The first kappa shape index (κ1) is 14.1. The highest BCUT2D eigenvalue weighted by Crippen LogP contribution is 2.31. The van der Waals surface area contributed by atoms with E-state index >= 15 is 0 Å². The Bertz CT molecular complexity index is 553. The molecule has 0 unspecified atom stereocenters. The minimum absolute atomic E-state index is 0.0925. The van der Waals surface area contributed by atoms with E-state index in [1.54, 1.807) is 4.90 Å². The number of nitrogens with two attached hydrogens (primary N) is 1. The lowest BCUT2D eigenvalue weighted by Crippen LogP contribution is -2.37. The topological polar surface area (TPSA) is 91.6 Å². The van der Waals surface area contributed by atoms with Gasteiger partial charge in [-0.1, -0.05) is 11.3 Å². The highest BCUT2D eigenvalue weighted by Gasteiger charge is 2.27. The molecule has 3 N–H and O–H groups in total. The Morgan fingerprint density at radius 3 is 2.76 bits per heavy atom. The number of hydrogen-bond acceptors (Lipinski definition) is 6. The number of carbonyl (C=O) groups is 2. The zero-order chi connectivity index (χ0) is 14.8. The van der Waals surface area contributed by atoms with Crippen molar-refractivity contribution in [3.05, 3.63) is 4.88 Å². The van der Waals surface area contributed by atoms with Gasteiger partial charge in [0.1, 0.15) is 10.7 Å². The van der Waals surface area contributed by atoms with Crippen LogP contribution in [-0.4, -0.2) is 54.4 Å². The van der Waals surface area contributed by atoms with Gasteiger partial charge < -0.3 is 20.9 Å². The molecule has 0 saturated carbocycles. The maximum Gasteiger partial charge on any atom is 0.268 e. The van der Waals surface area contributed by atoms with Crippen LogP contribution in [0, 0.1) is 0 Å². The normalized spacial score (nSPS) is 19.5. The van der Waals surface area contributed by atoms with Crippen molar-refractivity contribution in [3.63, 3.8) is 0 Å². The van der Waals surface area contributed by atoms with E-state index in [-0.39, 0.29) is 24.2 Å². The van der Waals surface area contributed by atoms with Crippen LogP contribution in [0.3, 0.4) is 0 Å². The molecule has 21 heavy (non-hydrogen) atoms. The smallest absolute Gasteiger partial charge is 0.268 e. The Morgan fingerprint density at radius 1 is 1.24 bits per heavy atom. The molecule has 0 aliphatic carbocycles. The summed E-state index contributed by atoms with van der Waals surface area (Å²) in [5, 5.41) is 3.57. The van der Waals surface area contributed by atoms with Crippen molar-refractivity contribution in [2.75, 3.05) is 43.4 Å². The number of carbonyl (C=O) groups excluding carboxylic acids is 2. The summed E-state index contributed by atoms with van der Waals surface area (Å²) in [5.74, 6) is -0.0345. The van der Waals surface area contributed by atoms with Crippen LogP contribution in [-0.2, 0) is 4.79 Å². The van der Waals surface area contributed by atoms with Crippen LogP contribution in [0.2, 0.25) is 0 Å². The van der Waals surface area contributed by atoms with Crippen molar-refractivity contribution in [2.24, 2.45) is 0 Å². The first-order valence-electron chi connectivity index (χ1n) is 7.22. The summed E-state index contributed by atoms with van der Waals surface area (Å²) in [7, 11) is 0. The van der Waals surface area contributed by atoms with Crippen LogP contribution in [0.5, 0.6) is 0 Å². The fourth-order valence-electron chi connectivity index (χ4n) is 2.64. The molecule has 3 rings (SSSR count). The largest absolute Gasteiger partial charge is 0.382 e. The van der Waals surface area contributed by atoms with Crippen molar-refractivity contribution in [1.82, 2.24) is 15.2 Å². The molecule has 2 aliphatic rings. The Hall–Kier alpha value is -1.83. The number of nitrogen functional groups attached to an aromatic ring is 1. The van der Waals surface area contributed by atoms with Crippen LogP contribution >= 0.6 is 11.3 Å². The molecule has 3 heterocycles. The number of nitrogens with zero attached hydrogens (tertiary/aromatic N) is 3. The molecular formula is C13H19N5O2S. The second kappa shape index (κ2) is 5.88. The lowest BCUT2D eigenvalue weighted by atomic mass is 10.3. The third kappa shape index (κ3) is 2.94. The van der Waals surface area contributed by atoms with Crippen LogP contribution in [0.4, 0.5) is 10.9 Å². The molecule has 2 saturated heterocycles. The fourth-order valence-corrected chi connectivity index (χ4v) is 3.64. The third-order valence-electron chi connectivity index (χ3n) is 3.76. The van der Waals surface area contributed by atoms with Gasteiger partial charge in [-0.2, -0.15) is 0 Å². The van der Waals surface area contributed by atoms with Crippen molar-refractivity contribution in [2.45, 2.75) is 19.3 Å². The predicted molar refractivity (Wildman–Crippen MR) is 81.5 cm³/mol. The molecule has 114 valence electrons. The van der Waals surface area contributed by atoms with Gasteiger partial charge in [-0.05, 0) is 19.3 Å². The maximum absolute atomic E-state index is 12.6. The lowest BCUT2D eigenvalue weighted by Gasteiger charge is -2.18. The minimum atomic E-state index is -0.188. The van der Waals surface area contributed by atoms with Gasteiger partial charge in [0.25, 0.3) is 5.91 Å². The number of hydrogen-bond donors (Lipinski definition) is 2. The SMILES string of the molecule is Nc1nc(N2CCCC2)sc1C(=O)N1CCCNC(=O)C1. The average Bonchev–Trinajstić information content (AvgIpc) is 3.05. The molecule has 7 nitrogen and oxygen atoms in total. The number of anilines is 2. The van der Waals surface area contributed by atoms with Gasteiger partial charge in [-0.15, -0.1) is 0 Å². The average molecular weight is 309 g/mol. The van der Waals surface area contributed by atoms with E-state index in [4.69, 9.17) is 5.73 Å². The van der Waals surface area contributed by atoms with Crippen molar-refractivity contribution < 1.29 is 9.59 Å². The number of rotatable bonds is 2. The zero-order valence-electron chi connectivity index (χ0n) is 11.8. The zero-order valence-corrected chi connectivity index (χ0v) is 12.6. The maximum atomic E-state index is 12.6. The van der Waals surface area contributed by atoms with Crippen LogP contribution < -0.4 is 16.0 Å². The molecule has 1 aromatic heterocycles. The fraction of sp³-hybridized carbons (Fsp3) is 0.615. The first-order valence-corrected chi connectivity index (χ1v) is 8.04. The summed E-state index contributed by atoms with van der Waals surface area (Å²) in [6, 6.07) is 0. The van der Waals surface area contributed by atoms with Crippen molar-refractivity contribution in [3.8, 4) is 0 Å². The molecule has 2 aliphatic heterocycles. The van der Waals surface area contributed by atoms with Gasteiger partial charge >= 0.3 is 0 Å². The molecular weight excluding hydrogens is 290 g/mol. The van der Waals surface area contributed by atoms with Gasteiger partial charge in [0.2, 0.25) is 5.91 Å². The molecule has 0 radical (unpaired) electrons. The van der Waals surface area contributed by atoms with E-state index in [1.807, 2.05) is 0 Å². The van der Waals surface area contributed by atoms with Gasteiger partial charge in [0, 0.05) is 26.2 Å². The van der Waals surface area contributed by atoms with Crippen molar-refractivity contribution in [1.29, 1.82) is 0 Å². The minimum Gasteiger partial charge on any atom is -0.382 e. The molecule has 1 aromatic rings. The highest BCUT2D eigenvalue weighted by atomic mass is 32.1. The van der Waals surface area contributed by atoms with Gasteiger partial charge in [0.15, 0.2) is 5.13 Å². The predicted octanol–water partition coefficient (Wildman–Crippen LogP) is 0.288. The van der Waals surface area contributed by atoms with Crippen LogP contribution in [0.15, 0.2) is 0 Å². The molecule has 0 bridgehead atoms. The van der Waals surface area contributed by atoms with E-state index < -0.39 is 0 Å². The monoisotopic (exact) mass is 309 g/mol. The van der Waals surface area contributed by atoms with E-state index in [0.29, 0.717) is 18.0 Å².